The number of carbonyl (C=O) groups is 12. The fourth-order valence-electron chi connectivity index (χ4n) is 8.49. The molecule has 30 heteroatoms. The van der Waals surface area contributed by atoms with Crippen molar-refractivity contribution in [2.75, 3.05) is 13.2 Å². The lowest BCUT2D eigenvalue weighted by Crippen LogP contribution is -2.62. The molecule has 0 fully saturated rings. The smallest absolute Gasteiger partial charge is 0.305 e. The van der Waals surface area contributed by atoms with E-state index in [1.54, 1.807) is 81.6 Å². The van der Waals surface area contributed by atoms with Gasteiger partial charge >= 0.3 is 17.9 Å². The minimum absolute atomic E-state index is 0.0236. The van der Waals surface area contributed by atoms with Gasteiger partial charge in [0.1, 0.15) is 54.4 Å². The minimum atomic E-state index is -1.98. The molecule has 0 saturated carbocycles. The van der Waals surface area contributed by atoms with Crippen LogP contribution in [0.15, 0.2) is 65.8 Å². The molecule has 30 nitrogen and oxygen atoms in total. The van der Waals surface area contributed by atoms with E-state index in [1.807, 2.05) is 0 Å². The summed E-state index contributed by atoms with van der Waals surface area (Å²) in [5, 5.41) is 58.6. The van der Waals surface area contributed by atoms with Crippen LogP contribution in [0, 0.1) is 11.8 Å². The Labute approximate surface area is 483 Å². The van der Waals surface area contributed by atoms with Crippen molar-refractivity contribution in [2.24, 2.45) is 39.8 Å². The van der Waals surface area contributed by atoms with Crippen molar-refractivity contribution in [3.05, 3.63) is 71.9 Å². The molecule has 0 radical (unpaired) electrons. The number of aromatic amines is 1. The first kappa shape index (κ1) is 69.1. The molecular weight excluding hydrogens is 1100 g/mol. The summed E-state index contributed by atoms with van der Waals surface area (Å²) in [6.07, 6.45) is -1.81. The third-order valence-corrected chi connectivity index (χ3v) is 13.7. The van der Waals surface area contributed by atoms with E-state index in [2.05, 4.69) is 52.5 Å². The van der Waals surface area contributed by atoms with Gasteiger partial charge in [-0.05, 0) is 48.3 Å². The summed E-state index contributed by atoms with van der Waals surface area (Å²) in [5.74, 6) is -15.8. The second-order valence-electron chi connectivity index (χ2n) is 20.1. The highest BCUT2D eigenvalue weighted by molar-refractivity contribution is 6.00. The molecule has 3 rings (SSSR count). The average molecular weight is 1180 g/mol. The number of aliphatic hydroxyl groups excluding tert-OH is 1. The van der Waals surface area contributed by atoms with Gasteiger partial charge in [0, 0.05) is 42.9 Å². The summed E-state index contributed by atoms with van der Waals surface area (Å²) >= 11 is 0. The number of nitrogens with two attached hydrogens (primary N) is 4. The molecule has 2 aromatic carbocycles. The zero-order chi connectivity index (χ0) is 62.8. The number of hydrogen-bond acceptors (Lipinski definition) is 15. The van der Waals surface area contributed by atoms with Gasteiger partial charge in [0.25, 0.3) is 0 Å². The van der Waals surface area contributed by atoms with Gasteiger partial charge in [-0.2, -0.15) is 0 Å². The van der Waals surface area contributed by atoms with Crippen molar-refractivity contribution in [2.45, 2.75) is 146 Å². The molecule has 0 aliphatic heterocycles. The van der Waals surface area contributed by atoms with Gasteiger partial charge in [0.05, 0.1) is 19.4 Å². The van der Waals surface area contributed by atoms with Crippen LogP contribution >= 0.6 is 0 Å². The van der Waals surface area contributed by atoms with Crippen molar-refractivity contribution in [3.63, 3.8) is 0 Å². The van der Waals surface area contributed by atoms with Gasteiger partial charge in [-0.3, -0.25) is 62.5 Å². The minimum Gasteiger partial charge on any atom is -0.481 e. The second-order valence-corrected chi connectivity index (χ2v) is 20.1. The van der Waals surface area contributed by atoms with Gasteiger partial charge in [-0.15, -0.1) is 0 Å². The Morgan fingerprint density at radius 3 is 1.51 bits per heavy atom. The van der Waals surface area contributed by atoms with Crippen LogP contribution in [0.2, 0.25) is 0 Å². The summed E-state index contributed by atoms with van der Waals surface area (Å²) in [6, 6.07) is 0.845. The highest BCUT2D eigenvalue weighted by Crippen LogP contribution is 2.20. The Morgan fingerprint density at radius 2 is 0.988 bits per heavy atom. The van der Waals surface area contributed by atoms with Crippen molar-refractivity contribution < 1.29 is 78.0 Å². The highest BCUT2D eigenvalue weighted by atomic mass is 16.4. The van der Waals surface area contributed by atoms with Gasteiger partial charge in [0.2, 0.25) is 53.2 Å². The number of benzene rings is 2. The first-order chi connectivity index (χ1) is 39.7. The molecule has 0 spiro atoms. The fraction of sp³-hybridized carbons (Fsp3) is 0.500. The first-order valence-corrected chi connectivity index (χ1v) is 27.1. The van der Waals surface area contributed by atoms with Crippen molar-refractivity contribution in [1.82, 2.24) is 47.5 Å². The Hall–Kier alpha value is -9.19. The van der Waals surface area contributed by atoms with Gasteiger partial charge < -0.3 is 90.9 Å². The summed E-state index contributed by atoms with van der Waals surface area (Å²) in [6.45, 7) is 5.51. The topological polar surface area (TPSA) is 514 Å². The van der Waals surface area contributed by atoms with Crippen LogP contribution in [0.3, 0.4) is 0 Å². The van der Waals surface area contributed by atoms with E-state index < -0.39 is 170 Å². The van der Waals surface area contributed by atoms with E-state index in [4.69, 9.17) is 22.9 Å². The zero-order valence-electron chi connectivity index (χ0n) is 47.1. The van der Waals surface area contributed by atoms with Crippen LogP contribution in [-0.4, -0.2) is 170 Å². The van der Waals surface area contributed by atoms with E-state index in [1.165, 1.54) is 6.92 Å². The van der Waals surface area contributed by atoms with Crippen LogP contribution in [0.4, 0.5) is 0 Å². The number of aliphatic imine (C=N–C) groups is 1. The van der Waals surface area contributed by atoms with Gasteiger partial charge in [-0.25, -0.2) is 0 Å². The monoisotopic (exact) mass is 1180 g/mol. The second kappa shape index (κ2) is 34.3. The number of amides is 9. The fourth-order valence-corrected chi connectivity index (χ4v) is 8.49. The number of fused-ring (bicyclic) bond motifs is 1. The van der Waals surface area contributed by atoms with E-state index >= 15 is 0 Å². The number of nitrogens with one attached hydrogen (secondary N) is 9. The normalized spacial score (nSPS) is 15.0. The number of carbonyl (C=O) groups excluding carboxylic acids is 9. The predicted octanol–water partition coefficient (Wildman–Crippen LogP) is -3.40. The number of guanidine groups is 1. The summed E-state index contributed by atoms with van der Waals surface area (Å²) in [4.78, 5) is 167. The van der Waals surface area contributed by atoms with Gasteiger partial charge in [-0.1, -0.05) is 89.1 Å². The molecule has 1 aromatic heterocycles. The number of para-hydroxylation sites is 1. The molecule has 0 bridgehead atoms. The molecular formula is C54H78N14O16. The van der Waals surface area contributed by atoms with E-state index in [9.17, 15) is 78.0 Å². The number of aromatic nitrogens is 1. The number of carboxylic acids is 3. The molecule has 3 aromatic rings. The molecule has 21 N–H and O–H groups in total. The average Bonchev–Trinajstić information content (AvgIpc) is 3.99. The Balaban J connectivity index is 2.02. The number of H-pyrrole nitrogens is 1. The molecule has 0 aliphatic carbocycles. The maximum atomic E-state index is 14.7. The molecule has 460 valence electrons. The number of aliphatic carboxylic acids is 3. The van der Waals surface area contributed by atoms with E-state index in [0.29, 0.717) is 22.0 Å². The van der Waals surface area contributed by atoms with Gasteiger partial charge in [0.15, 0.2) is 5.96 Å². The largest absolute Gasteiger partial charge is 0.481 e. The molecule has 0 saturated heterocycles. The Bertz CT molecular complexity index is 2830. The van der Waals surface area contributed by atoms with Crippen molar-refractivity contribution >= 4 is 87.9 Å². The predicted molar refractivity (Wildman–Crippen MR) is 302 cm³/mol. The summed E-state index contributed by atoms with van der Waals surface area (Å²) in [5.41, 5.74) is 24.0. The summed E-state index contributed by atoms with van der Waals surface area (Å²) in [7, 11) is 0. The SMILES string of the molecule is CCC(C)C(NC(=O)C(CC(=O)O)NC(=O)C(CCCN=C(N)N)NC(=O)C(Cc1c[nH]c2ccccc12)NC(=O)C(NC(=O)C(CCC(=O)O)NC(=O)C(N)CO)C(C)CC)C(=O)NC(CC(=O)O)C(=O)NC(Cc1ccccc1)C(N)=O. The molecule has 11 unspecified atom stereocenters. The lowest BCUT2D eigenvalue weighted by Gasteiger charge is -2.30. The number of rotatable bonds is 37. The zero-order valence-corrected chi connectivity index (χ0v) is 47.1. The maximum absolute atomic E-state index is 14.7. The van der Waals surface area contributed by atoms with Crippen LogP contribution in [0.1, 0.15) is 90.2 Å². The molecule has 9 amide bonds. The van der Waals surface area contributed by atoms with Crippen LogP contribution in [0.25, 0.3) is 10.9 Å². The number of carboxylic acid groups (broad SMARTS) is 3. The Kier molecular flexibility index (Phi) is 28.2. The van der Waals surface area contributed by atoms with Crippen molar-refractivity contribution in [1.29, 1.82) is 0 Å². The molecule has 84 heavy (non-hydrogen) atoms. The standard InChI is InChI=1S/C54H78N14O16/c1-5-27(3)43(67-48(79)35(18-19-40(70)71)61-46(77)32(55)26-69)52(83)65-37(22-30-25-60-33-16-11-10-15-31(30)33)49(80)62-34(17-12-20-59-54(57)58)47(78)64-39(24-42(74)75)51(82)68-44(28(4)6-2)53(84)66-38(23-41(72)73)50(81)63-36(45(56)76)21-29-13-8-7-9-14-29/h7-11,13-16,25,27-28,32,34-39,43-44,60,69H,5-6,12,17-24,26,55H2,1-4H3,(H2,56,76)(H,61,77)(H,62,80)(H,63,81)(H,64,78)(H,65,83)(H,66,84)(H,67,79)(H,68,82)(H,70,71)(H,72,73)(H,74,75)(H4,57,58,59). The number of primary amides is 1. The Morgan fingerprint density at radius 1 is 0.536 bits per heavy atom. The van der Waals surface area contributed by atoms with E-state index in [0.717, 1.165) is 0 Å². The van der Waals surface area contributed by atoms with Crippen LogP contribution in [0.5, 0.6) is 0 Å². The first-order valence-electron chi connectivity index (χ1n) is 27.1. The molecule has 0 aliphatic rings. The quantitative estimate of drug-likeness (QED) is 0.0152. The molecule has 1 heterocycles. The third kappa shape index (κ3) is 22.6. The van der Waals surface area contributed by atoms with Crippen molar-refractivity contribution in [3.8, 4) is 0 Å². The lowest BCUT2D eigenvalue weighted by molar-refractivity contribution is -0.142. The summed E-state index contributed by atoms with van der Waals surface area (Å²) < 4.78 is 0. The maximum Gasteiger partial charge on any atom is 0.305 e. The van der Waals surface area contributed by atoms with E-state index in [-0.39, 0.29) is 51.0 Å². The third-order valence-electron chi connectivity index (χ3n) is 13.7. The molecule has 11 atom stereocenters. The number of nitrogens with zero attached hydrogens (tertiary/aromatic N) is 1. The van der Waals surface area contributed by atoms with Crippen LogP contribution in [-0.2, 0) is 70.4 Å². The lowest BCUT2D eigenvalue weighted by atomic mass is 9.96. The number of aliphatic hydroxyl groups is 1. The highest BCUT2D eigenvalue weighted by Gasteiger charge is 2.38. The number of hydrogen-bond donors (Lipinski definition) is 17. The van der Waals surface area contributed by atoms with Crippen LogP contribution < -0.4 is 65.5 Å².